The molecule has 0 N–H and O–H groups in total. The fraction of sp³-hybridized carbons (Fsp3) is 0.800. The fourth-order valence-corrected chi connectivity index (χ4v) is 4.78. The number of hydrogen-bond acceptors (Lipinski definition) is 3. The first-order chi connectivity index (χ1) is 8.65. The highest BCUT2D eigenvalue weighted by Crippen LogP contribution is 2.61. The molecule has 3 nitrogen and oxygen atoms in total. The van der Waals surface area contributed by atoms with Gasteiger partial charge in [0.05, 0.1) is 24.2 Å². The van der Waals surface area contributed by atoms with Crippen LogP contribution in [0.2, 0.25) is 0 Å². The largest absolute Gasteiger partial charge is 0.463 e. The first-order valence-electron chi connectivity index (χ1n) is 7.19. The number of ether oxygens (including phenoxy) is 2. The molecule has 4 bridgehead atoms. The van der Waals surface area contributed by atoms with E-state index in [9.17, 15) is 4.79 Å². The number of hydrogen-bond donors (Lipinski definition) is 0. The summed E-state index contributed by atoms with van der Waals surface area (Å²) in [4.78, 5) is 12.1. The van der Waals surface area contributed by atoms with Crippen molar-refractivity contribution >= 4 is 5.97 Å². The van der Waals surface area contributed by atoms with Crippen LogP contribution in [0.5, 0.6) is 0 Å². The van der Waals surface area contributed by atoms with Gasteiger partial charge in [-0.3, -0.25) is 4.79 Å². The molecule has 2 aliphatic heterocycles. The number of fused-ring (bicyclic) bond motifs is 9. The van der Waals surface area contributed by atoms with Crippen molar-refractivity contribution in [2.24, 2.45) is 29.6 Å². The van der Waals surface area contributed by atoms with Crippen LogP contribution in [-0.2, 0) is 14.3 Å². The third kappa shape index (κ3) is 1.31. The molecule has 0 spiro atoms. The Kier molecular flexibility index (Phi) is 2.20. The number of carbonyl (C=O) groups excluding carboxylic acids is 1. The zero-order chi connectivity index (χ0) is 12.4. The molecule has 98 valence electrons. The van der Waals surface area contributed by atoms with Gasteiger partial charge >= 0.3 is 5.97 Å². The average molecular weight is 248 g/mol. The van der Waals surface area contributed by atoms with Crippen LogP contribution in [-0.4, -0.2) is 24.3 Å². The molecule has 3 heteroatoms. The lowest BCUT2D eigenvalue weighted by Crippen LogP contribution is -2.40. The minimum atomic E-state index is -0.0392. The second-order valence-electron chi connectivity index (χ2n) is 6.57. The van der Waals surface area contributed by atoms with E-state index < -0.39 is 0 Å². The quantitative estimate of drug-likeness (QED) is 0.555. The maximum atomic E-state index is 12.1. The van der Waals surface area contributed by atoms with Gasteiger partial charge in [0, 0.05) is 0 Å². The average Bonchev–Trinajstić information content (AvgIpc) is 3.06. The first-order valence-corrected chi connectivity index (χ1v) is 7.19. The molecular formula is C15H20O3. The van der Waals surface area contributed by atoms with E-state index in [1.165, 1.54) is 6.42 Å². The van der Waals surface area contributed by atoms with Crippen molar-refractivity contribution < 1.29 is 14.3 Å². The molecule has 4 rings (SSSR count). The molecule has 0 radical (unpaired) electrons. The molecular weight excluding hydrogens is 228 g/mol. The minimum absolute atomic E-state index is 0.00796. The second-order valence-corrected chi connectivity index (χ2v) is 6.57. The normalized spacial score (nSPS) is 51.2. The molecule has 4 aliphatic rings. The van der Waals surface area contributed by atoms with E-state index in [0.717, 1.165) is 12.3 Å². The van der Waals surface area contributed by atoms with Gasteiger partial charge in [-0.25, -0.2) is 0 Å². The van der Waals surface area contributed by atoms with Gasteiger partial charge in [0.25, 0.3) is 0 Å². The molecule has 2 saturated heterocycles. The van der Waals surface area contributed by atoms with Gasteiger partial charge in [0.15, 0.2) is 0 Å². The molecule has 0 aromatic heterocycles. The molecule has 2 aliphatic carbocycles. The summed E-state index contributed by atoms with van der Waals surface area (Å²) < 4.78 is 11.5. The van der Waals surface area contributed by atoms with E-state index in [1.54, 1.807) is 0 Å². The van der Waals surface area contributed by atoms with E-state index in [0.29, 0.717) is 23.9 Å². The van der Waals surface area contributed by atoms with Crippen LogP contribution in [0.25, 0.3) is 0 Å². The smallest absolute Gasteiger partial charge is 0.311 e. The SMILES string of the molecule is CC(C)OC(=O)C1CC2OC1C1C3C=CC(C3)C21. The Bertz CT molecular complexity index is 414. The van der Waals surface area contributed by atoms with Gasteiger partial charge < -0.3 is 9.47 Å². The maximum absolute atomic E-state index is 12.1. The summed E-state index contributed by atoms with van der Waals surface area (Å²) in [6.07, 6.45) is 7.31. The van der Waals surface area contributed by atoms with Crippen molar-refractivity contribution in [2.45, 2.75) is 45.0 Å². The highest BCUT2D eigenvalue weighted by molar-refractivity contribution is 5.74. The van der Waals surface area contributed by atoms with E-state index in [1.807, 2.05) is 13.8 Å². The number of esters is 1. The van der Waals surface area contributed by atoms with Crippen molar-refractivity contribution in [1.29, 1.82) is 0 Å². The van der Waals surface area contributed by atoms with Crippen molar-refractivity contribution in [3.63, 3.8) is 0 Å². The summed E-state index contributed by atoms with van der Waals surface area (Å²) in [6.45, 7) is 3.82. The monoisotopic (exact) mass is 248 g/mol. The van der Waals surface area contributed by atoms with Crippen LogP contribution < -0.4 is 0 Å². The highest BCUT2D eigenvalue weighted by atomic mass is 16.6. The summed E-state index contributed by atoms with van der Waals surface area (Å²) in [7, 11) is 0. The Morgan fingerprint density at radius 3 is 2.67 bits per heavy atom. The zero-order valence-corrected chi connectivity index (χ0v) is 10.9. The topological polar surface area (TPSA) is 35.5 Å². The fourth-order valence-electron chi connectivity index (χ4n) is 4.78. The van der Waals surface area contributed by atoms with Gasteiger partial charge in [-0.1, -0.05) is 12.2 Å². The second kappa shape index (κ2) is 3.60. The van der Waals surface area contributed by atoms with Crippen LogP contribution >= 0.6 is 0 Å². The lowest BCUT2D eigenvalue weighted by atomic mass is 9.69. The Hall–Kier alpha value is -0.830. The lowest BCUT2D eigenvalue weighted by molar-refractivity contribution is -0.155. The predicted molar refractivity (Wildman–Crippen MR) is 65.7 cm³/mol. The number of allylic oxidation sites excluding steroid dienone is 2. The van der Waals surface area contributed by atoms with Crippen LogP contribution in [0.3, 0.4) is 0 Å². The van der Waals surface area contributed by atoms with Crippen molar-refractivity contribution in [2.75, 3.05) is 0 Å². The molecule has 0 aromatic carbocycles. The van der Waals surface area contributed by atoms with Gasteiger partial charge in [-0.2, -0.15) is 0 Å². The third-order valence-corrected chi connectivity index (χ3v) is 5.26. The lowest BCUT2D eigenvalue weighted by Gasteiger charge is -2.32. The van der Waals surface area contributed by atoms with Gasteiger partial charge in [0.2, 0.25) is 0 Å². The van der Waals surface area contributed by atoms with Crippen LogP contribution in [0.15, 0.2) is 12.2 Å². The number of rotatable bonds is 2. The third-order valence-electron chi connectivity index (χ3n) is 5.26. The first kappa shape index (κ1) is 11.0. The molecule has 1 saturated carbocycles. The molecule has 7 unspecified atom stereocenters. The number of carbonyl (C=O) groups is 1. The van der Waals surface area contributed by atoms with E-state index in [-0.39, 0.29) is 24.1 Å². The molecule has 0 amide bonds. The molecule has 18 heavy (non-hydrogen) atoms. The summed E-state index contributed by atoms with van der Waals surface area (Å²) >= 11 is 0. The molecule has 0 aromatic rings. The van der Waals surface area contributed by atoms with E-state index >= 15 is 0 Å². The van der Waals surface area contributed by atoms with E-state index in [4.69, 9.17) is 9.47 Å². The van der Waals surface area contributed by atoms with Gasteiger partial charge in [-0.15, -0.1) is 0 Å². The summed E-state index contributed by atoms with van der Waals surface area (Å²) in [5.74, 6) is 2.60. The summed E-state index contributed by atoms with van der Waals surface area (Å²) in [6, 6.07) is 0. The van der Waals surface area contributed by atoms with Crippen molar-refractivity contribution in [1.82, 2.24) is 0 Å². The molecule has 3 fully saturated rings. The van der Waals surface area contributed by atoms with E-state index in [2.05, 4.69) is 12.2 Å². The standard InChI is InChI=1S/C15H20O3/c1-7(2)17-15(16)10-6-11-12-8-3-4-9(5-8)13(12)14(10)18-11/h3-4,7-14H,5-6H2,1-2H3. The zero-order valence-electron chi connectivity index (χ0n) is 10.9. The predicted octanol–water partition coefficient (Wildman–Crippen LogP) is 2.16. The van der Waals surface area contributed by atoms with Crippen molar-refractivity contribution in [3.05, 3.63) is 12.2 Å². The van der Waals surface area contributed by atoms with Gasteiger partial charge in [0.1, 0.15) is 0 Å². The molecule has 2 heterocycles. The Morgan fingerprint density at radius 2 is 1.94 bits per heavy atom. The van der Waals surface area contributed by atoms with Gasteiger partial charge in [-0.05, 0) is 50.4 Å². The van der Waals surface area contributed by atoms with Crippen LogP contribution in [0.1, 0.15) is 26.7 Å². The van der Waals surface area contributed by atoms with Crippen LogP contribution in [0, 0.1) is 29.6 Å². The Balaban J connectivity index is 1.55. The maximum Gasteiger partial charge on any atom is 0.311 e. The molecule has 7 atom stereocenters. The minimum Gasteiger partial charge on any atom is -0.463 e. The van der Waals surface area contributed by atoms with Crippen molar-refractivity contribution in [3.8, 4) is 0 Å². The van der Waals surface area contributed by atoms with Crippen LogP contribution in [0.4, 0.5) is 0 Å². The summed E-state index contributed by atoms with van der Waals surface area (Å²) in [5.41, 5.74) is 0. The summed E-state index contributed by atoms with van der Waals surface area (Å²) in [5, 5.41) is 0. The Labute approximate surface area is 108 Å². The highest BCUT2D eigenvalue weighted by Gasteiger charge is 2.64. The Morgan fingerprint density at radius 1 is 1.22 bits per heavy atom.